The van der Waals surface area contributed by atoms with E-state index in [0.717, 1.165) is 37.8 Å². The van der Waals surface area contributed by atoms with Crippen molar-refractivity contribution in [2.75, 3.05) is 14.2 Å². The summed E-state index contributed by atoms with van der Waals surface area (Å²) in [5.41, 5.74) is 0.416. The lowest BCUT2D eigenvalue weighted by Crippen LogP contribution is -2.29. The topological polar surface area (TPSA) is 102 Å². The fourth-order valence-electron chi connectivity index (χ4n) is 11.8. The minimum absolute atomic E-state index is 0.154. The Kier molecular flexibility index (Phi) is 13.0. The van der Waals surface area contributed by atoms with Gasteiger partial charge in [0.2, 0.25) is 0 Å². The summed E-state index contributed by atoms with van der Waals surface area (Å²) in [6, 6.07) is 6.37. The molecular formula is C53H62F6N2O5. The van der Waals surface area contributed by atoms with Crippen molar-refractivity contribution in [1.82, 2.24) is 9.97 Å². The van der Waals surface area contributed by atoms with Crippen molar-refractivity contribution in [2.45, 2.75) is 167 Å². The molecule has 2 aromatic carbocycles. The van der Waals surface area contributed by atoms with E-state index in [9.17, 15) is 15.0 Å². The average molecular weight is 921 g/mol. The highest BCUT2D eigenvalue weighted by Crippen LogP contribution is 2.55. The molecule has 4 atom stereocenters. The molecule has 13 heteroatoms. The van der Waals surface area contributed by atoms with Crippen molar-refractivity contribution in [1.29, 1.82) is 0 Å². The summed E-state index contributed by atoms with van der Waals surface area (Å²) in [7, 11) is 2.91. The Hall–Kier alpha value is -4.17. The van der Waals surface area contributed by atoms with E-state index in [-0.39, 0.29) is 44.9 Å². The van der Waals surface area contributed by atoms with Gasteiger partial charge in [0, 0.05) is 59.0 Å². The van der Waals surface area contributed by atoms with Gasteiger partial charge in [-0.2, -0.15) is 26.3 Å². The minimum atomic E-state index is -5.01. The molecule has 7 nitrogen and oxygen atoms in total. The monoisotopic (exact) mass is 920 g/mol. The van der Waals surface area contributed by atoms with Crippen molar-refractivity contribution >= 4 is 5.78 Å². The number of aromatic nitrogens is 2. The number of pyridine rings is 2. The predicted octanol–water partition coefficient (Wildman–Crippen LogP) is 13.8. The maximum Gasteiger partial charge on any atom is 0.417 e. The molecule has 0 radical (unpaired) electrons. The van der Waals surface area contributed by atoms with Crippen LogP contribution >= 0.6 is 0 Å². The molecule has 0 amide bonds. The molecule has 2 aromatic heterocycles. The highest BCUT2D eigenvalue weighted by Gasteiger charge is 2.44. The van der Waals surface area contributed by atoms with Crippen molar-refractivity contribution in [3.63, 3.8) is 0 Å². The Morgan fingerprint density at radius 1 is 0.621 bits per heavy atom. The van der Waals surface area contributed by atoms with Gasteiger partial charge in [0.1, 0.15) is 0 Å². The molecule has 2 saturated carbocycles. The fourth-order valence-corrected chi connectivity index (χ4v) is 11.8. The van der Waals surface area contributed by atoms with Gasteiger partial charge < -0.3 is 19.7 Å². The normalized spacial score (nSPS) is 22.0. The summed E-state index contributed by atoms with van der Waals surface area (Å²) < 4.78 is 105. The Morgan fingerprint density at radius 2 is 0.970 bits per heavy atom. The zero-order valence-electron chi connectivity index (χ0n) is 39.2. The molecule has 2 unspecified atom stereocenters. The van der Waals surface area contributed by atoms with Crippen LogP contribution in [0, 0.1) is 10.8 Å². The molecule has 8 rings (SSSR count). The van der Waals surface area contributed by atoms with Crippen LogP contribution in [-0.4, -0.2) is 40.2 Å². The molecule has 4 aliphatic carbocycles. The van der Waals surface area contributed by atoms with Gasteiger partial charge in [-0.1, -0.05) is 77.6 Å². The van der Waals surface area contributed by atoms with Crippen LogP contribution in [0.25, 0.3) is 22.3 Å². The predicted molar refractivity (Wildman–Crippen MR) is 240 cm³/mol. The molecule has 356 valence electrons. The van der Waals surface area contributed by atoms with Crippen LogP contribution in [0.4, 0.5) is 26.3 Å². The lowest BCUT2D eigenvalue weighted by molar-refractivity contribution is -0.137. The largest absolute Gasteiger partial charge is 0.417 e. The number of ether oxygens (including phenoxy) is 2. The molecule has 2 heterocycles. The van der Waals surface area contributed by atoms with Gasteiger partial charge in [0.05, 0.1) is 46.9 Å². The van der Waals surface area contributed by atoms with E-state index >= 15 is 26.3 Å². The number of carbonyl (C=O) groups is 1. The summed E-state index contributed by atoms with van der Waals surface area (Å²) in [6.07, 6.45) is -5.27. The maximum atomic E-state index is 15.6. The van der Waals surface area contributed by atoms with Gasteiger partial charge in [0.25, 0.3) is 0 Å². The number of fused-ring (bicyclic) bond motifs is 2. The van der Waals surface area contributed by atoms with Crippen LogP contribution in [0.15, 0.2) is 36.4 Å². The van der Waals surface area contributed by atoms with Gasteiger partial charge in [0.15, 0.2) is 5.78 Å². The number of alkyl halides is 6. The van der Waals surface area contributed by atoms with Crippen LogP contribution in [-0.2, 0) is 34.7 Å². The van der Waals surface area contributed by atoms with E-state index in [2.05, 4.69) is 0 Å². The van der Waals surface area contributed by atoms with E-state index in [1.165, 1.54) is 38.5 Å². The third-order valence-electron chi connectivity index (χ3n) is 14.9. The fraction of sp³-hybridized carbons (Fsp3) is 0.566. The molecule has 0 bridgehead atoms. The van der Waals surface area contributed by atoms with Crippen molar-refractivity contribution < 1.29 is 50.8 Å². The minimum Gasteiger partial charge on any atom is -0.388 e. The molecule has 2 N–H and O–H groups in total. The van der Waals surface area contributed by atoms with E-state index in [4.69, 9.17) is 19.4 Å². The number of aliphatic hydroxyl groups excluding tert-OH is 2. The van der Waals surface area contributed by atoms with Crippen molar-refractivity contribution in [2.24, 2.45) is 10.8 Å². The summed E-state index contributed by atoms with van der Waals surface area (Å²) in [5.74, 6) is -1.33. The van der Waals surface area contributed by atoms with Crippen LogP contribution < -0.4 is 0 Å². The Labute approximate surface area is 383 Å². The first-order valence-corrected chi connectivity index (χ1v) is 23.5. The summed E-state index contributed by atoms with van der Waals surface area (Å²) in [4.78, 5) is 24.4. The third-order valence-corrected chi connectivity index (χ3v) is 14.9. The van der Waals surface area contributed by atoms with Crippen LogP contribution in [0.5, 0.6) is 0 Å². The average Bonchev–Trinajstić information content (AvgIpc) is 3.98. The van der Waals surface area contributed by atoms with Crippen LogP contribution in [0.3, 0.4) is 0 Å². The van der Waals surface area contributed by atoms with Gasteiger partial charge in [-0.05, 0) is 122 Å². The molecule has 4 aliphatic rings. The van der Waals surface area contributed by atoms with Crippen LogP contribution in [0.1, 0.15) is 214 Å². The smallest absolute Gasteiger partial charge is 0.388 e. The van der Waals surface area contributed by atoms with Crippen molar-refractivity contribution in [3.05, 3.63) is 104 Å². The lowest BCUT2D eigenvalue weighted by atomic mass is 9.70. The highest BCUT2D eigenvalue weighted by atomic mass is 19.4. The van der Waals surface area contributed by atoms with Crippen molar-refractivity contribution in [3.8, 4) is 22.3 Å². The van der Waals surface area contributed by atoms with E-state index < -0.39 is 64.8 Å². The number of hydrogen-bond donors (Lipinski definition) is 2. The molecular weight excluding hydrogens is 859 g/mol. The second-order valence-corrected chi connectivity index (χ2v) is 21.0. The molecule has 66 heavy (non-hydrogen) atoms. The highest BCUT2D eigenvalue weighted by molar-refractivity contribution is 6.10. The van der Waals surface area contributed by atoms with Crippen LogP contribution in [0.2, 0.25) is 0 Å². The van der Waals surface area contributed by atoms with E-state index in [1.807, 2.05) is 27.7 Å². The first-order valence-electron chi connectivity index (χ1n) is 23.5. The zero-order chi connectivity index (χ0) is 47.8. The van der Waals surface area contributed by atoms with Gasteiger partial charge in [-0.15, -0.1) is 0 Å². The number of ketones is 1. The lowest BCUT2D eigenvalue weighted by Gasteiger charge is -2.38. The number of hydrogen-bond acceptors (Lipinski definition) is 7. The quantitative estimate of drug-likeness (QED) is 0.121. The second kappa shape index (κ2) is 17.7. The van der Waals surface area contributed by atoms with E-state index in [0.29, 0.717) is 96.4 Å². The standard InChI is InChI=1S/C53H62F6N2O5/c1-27(65-7)47-43(41(29-13-9-10-14-29)45-37(60-47)23-50(3,4)25-39(45)62)33-19-17-31(21-35(33)52(54,55)56)49(64)32-18-20-34(36(22-32)53(57,58)59)44-42(30-15-11-12-16-30)46-38(61-48(44)28(2)66-8)24-51(5,6)26-40(46)63/h17-22,27-30,39-40,62-63H,9-16,23-26H2,1-8H3/t27?,28?,39-,40-/m0/s1. The summed E-state index contributed by atoms with van der Waals surface area (Å²) >= 11 is 0. The van der Waals surface area contributed by atoms with Gasteiger partial charge in [-0.3, -0.25) is 14.8 Å². The number of rotatable bonds is 10. The Morgan fingerprint density at radius 3 is 1.29 bits per heavy atom. The number of nitrogens with zero attached hydrogens (tertiary/aromatic N) is 2. The summed E-state index contributed by atoms with van der Waals surface area (Å²) in [5, 5.41) is 23.4. The third kappa shape index (κ3) is 8.98. The number of carbonyl (C=O) groups excluding carboxylic acids is 1. The zero-order valence-corrected chi connectivity index (χ0v) is 39.2. The molecule has 0 aliphatic heterocycles. The Balaban J connectivity index is 1.31. The number of halogens is 6. The first-order chi connectivity index (χ1) is 30.9. The van der Waals surface area contributed by atoms with Gasteiger partial charge in [-0.25, -0.2) is 0 Å². The number of benzene rings is 2. The molecule has 0 saturated heterocycles. The number of methoxy groups -OCH3 is 2. The summed E-state index contributed by atoms with van der Waals surface area (Å²) in [6.45, 7) is 11.5. The second-order valence-electron chi connectivity index (χ2n) is 21.0. The number of aliphatic hydroxyl groups is 2. The molecule has 0 spiro atoms. The Bertz CT molecular complexity index is 2350. The maximum absolute atomic E-state index is 15.6. The van der Waals surface area contributed by atoms with E-state index in [1.54, 1.807) is 13.8 Å². The molecule has 2 fully saturated rings. The van der Waals surface area contributed by atoms with Gasteiger partial charge >= 0.3 is 12.4 Å². The first kappa shape index (κ1) is 48.3. The SMILES string of the molecule is COC(C)c1nc2c(c(C3CCCC3)c1-c1ccc(C(=O)c3ccc(-c4c(C(C)OC)nc5c(c4C4CCCC4)[C@@H](O)CC(C)(C)C5)c(C(F)(F)F)c3)cc1C(F)(F)F)[C@@H](O)CC(C)(C)C2. The molecule has 4 aromatic rings.